The molecule has 1 aliphatic rings. The summed E-state index contributed by atoms with van der Waals surface area (Å²) in [6.07, 6.45) is 3.96. The van der Waals surface area contributed by atoms with E-state index in [1.165, 1.54) is 24.1 Å². The van der Waals surface area contributed by atoms with Crippen LogP contribution >= 0.6 is 0 Å². The number of aromatic nitrogens is 6. The maximum atomic E-state index is 10.7. The monoisotopic (exact) mass is 375 g/mol. The molecule has 3 aromatic heterocycles. The fraction of sp³-hybridized carbons (Fsp3) is 0.500. The van der Waals surface area contributed by atoms with Crippen LogP contribution < -0.4 is 5.32 Å². The van der Waals surface area contributed by atoms with E-state index < -0.39 is 30.6 Å². The van der Waals surface area contributed by atoms with Gasteiger partial charge in [0.05, 0.1) is 25.0 Å². The lowest BCUT2D eigenvalue weighted by molar-refractivity contribution is -0.0950. The highest BCUT2D eigenvalue weighted by molar-refractivity contribution is 5.82. The minimum Gasteiger partial charge on any atom is -0.394 e. The first-order valence-corrected chi connectivity index (χ1v) is 8.58. The van der Waals surface area contributed by atoms with Crippen LogP contribution in [0.25, 0.3) is 11.2 Å². The Hall–Kier alpha value is -2.60. The second-order valence-electron chi connectivity index (χ2n) is 6.66. The summed E-state index contributed by atoms with van der Waals surface area (Å²) in [5.74, 6) is 0.547. The van der Waals surface area contributed by atoms with E-state index in [-0.39, 0.29) is 0 Å². The molecule has 4 rings (SSSR count). The summed E-state index contributed by atoms with van der Waals surface area (Å²) >= 11 is 0. The topological polar surface area (TPSA) is 154 Å². The molecular formula is C16H21N7O4. The van der Waals surface area contributed by atoms with Crippen molar-refractivity contribution in [1.29, 1.82) is 0 Å². The maximum absolute atomic E-state index is 10.7. The number of hydrogen-bond donors (Lipinski definition) is 5. The van der Waals surface area contributed by atoms with E-state index in [0.717, 1.165) is 5.69 Å². The van der Waals surface area contributed by atoms with Crippen molar-refractivity contribution in [2.45, 2.75) is 37.4 Å². The fourth-order valence-corrected chi connectivity index (χ4v) is 3.28. The Labute approximate surface area is 154 Å². The third kappa shape index (κ3) is 3.04. The molecule has 0 amide bonds. The molecule has 0 aromatic carbocycles. The van der Waals surface area contributed by atoms with Crippen LogP contribution in [0.15, 0.2) is 25.2 Å². The van der Waals surface area contributed by atoms with Crippen LogP contribution in [0.3, 0.4) is 0 Å². The number of rotatable bonds is 6. The standard InChI is InChI=1S/C16H21N7O4/c1-16(26)12(25)10(5-24)27-15(16)23-8-22-11-13(20-7-21-14(11)23)18-3-2-9-4-17-6-19-9/h4,6-8,10,12,15,24-26H,2-3,5H2,1H3,(H,17,19)(H,18,20,21)/t10-,12-,15-,16-/m1/s1. The highest BCUT2D eigenvalue weighted by Gasteiger charge is 2.53. The number of aliphatic hydroxyl groups excluding tert-OH is 2. The Morgan fingerprint density at radius 1 is 1.33 bits per heavy atom. The van der Waals surface area contributed by atoms with E-state index in [9.17, 15) is 15.3 Å². The molecule has 3 aromatic rings. The molecule has 27 heavy (non-hydrogen) atoms. The van der Waals surface area contributed by atoms with Crippen molar-refractivity contribution in [2.75, 3.05) is 18.5 Å². The molecular weight excluding hydrogens is 354 g/mol. The molecule has 4 heterocycles. The summed E-state index contributed by atoms with van der Waals surface area (Å²) in [5, 5.41) is 33.4. The van der Waals surface area contributed by atoms with Crippen molar-refractivity contribution in [3.8, 4) is 0 Å². The smallest absolute Gasteiger partial charge is 0.168 e. The zero-order valence-corrected chi connectivity index (χ0v) is 14.6. The number of aliphatic hydroxyl groups is 3. The molecule has 144 valence electrons. The van der Waals surface area contributed by atoms with Crippen molar-refractivity contribution < 1.29 is 20.1 Å². The van der Waals surface area contributed by atoms with Crippen molar-refractivity contribution in [1.82, 2.24) is 29.5 Å². The first-order chi connectivity index (χ1) is 13.0. The number of ether oxygens (including phenoxy) is 1. The van der Waals surface area contributed by atoms with Crippen LogP contribution in [0.2, 0.25) is 0 Å². The van der Waals surface area contributed by atoms with E-state index in [4.69, 9.17) is 4.74 Å². The third-order valence-electron chi connectivity index (χ3n) is 4.77. The number of H-pyrrole nitrogens is 1. The SMILES string of the molecule is C[C@@]1(O)[C@H](O)[C@@H](CO)O[C@H]1n1cnc2c(NCCc3c[nH]cn3)ncnc21. The van der Waals surface area contributed by atoms with Gasteiger partial charge in [0.2, 0.25) is 0 Å². The Bertz CT molecular complexity index is 911. The number of fused-ring (bicyclic) bond motifs is 1. The van der Waals surface area contributed by atoms with Crippen molar-refractivity contribution in [3.63, 3.8) is 0 Å². The Balaban J connectivity index is 1.59. The maximum Gasteiger partial charge on any atom is 0.168 e. The van der Waals surface area contributed by atoms with Gasteiger partial charge in [-0.25, -0.2) is 19.9 Å². The van der Waals surface area contributed by atoms with Gasteiger partial charge in [0.25, 0.3) is 0 Å². The molecule has 4 atom stereocenters. The molecule has 0 bridgehead atoms. The molecule has 1 saturated heterocycles. The molecule has 0 aliphatic carbocycles. The molecule has 11 nitrogen and oxygen atoms in total. The number of anilines is 1. The van der Waals surface area contributed by atoms with Crippen LogP contribution in [-0.4, -0.2) is 75.8 Å². The van der Waals surface area contributed by atoms with Gasteiger partial charge in [-0.1, -0.05) is 0 Å². The molecule has 5 N–H and O–H groups in total. The van der Waals surface area contributed by atoms with E-state index in [0.29, 0.717) is 29.9 Å². The van der Waals surface area contributed by atoms with Gasteiger partial charge in [-0.3, -0.25) is 4.57 Å². The van der Waals surface area contributed by atoms with Crippen LogP contribution in [0, 0.1) is 0 Å². The van der Waals surface area contributed by atoms with Gasteiger partial charge in [0, 0.05) is 19.2 Å². The van der Waals surface area contributed by atoms with Gasteiger partial charge in [-0.05, 0) is 6.92 Å². The third-order valence-corrected chi connectivity index (χ3v) is 4.77. The first kappa shape index (κ1) is 17.8. The second-order valence-corrected chi connectivity index (χ2v) is 6.66. The van der Waals surface area contributed by atoms with E-state index in [1.54, 1.807) is 6.33 Å². The summed E-state index contributed by atoms with van der Waals surface area (Å²) < 4.78 is 7.18. The average Bonchev–Trinajstić information content (AvgIpc) is 3.36. The summed E-state index contributed by atoms with van der Waals surface area (Å²) in [6.45, 7) is 1.65. The average molecular weight is 375 g/mol. The van der Waals surface area contributed by atoms with Crippen LogP contribution in [0.5, 0.6) is 0 Å². The Morgan fingerprint density at radius 2 is 2.19 bits per heavy atom. The number of aromatic amines is 1. The van der Waals surface area contributed by atoms with Gasteiger partial charge in [-0.2, -0.15) is 0 Å². The highest BCUT2D eigenvalue weighted by Crippen LogP contribution is 2.39. The predicted octanol–water partition coefficient (Wildman–Crippen LogP) is -0.794. The van der Waals surface area contributed by atoms with Crippen LogP contribution in [0.1, 0.15) is 18.8 Å². The van der Waals surface area contributed by atoms with Gasteiger partial charge < -0.3 is 30.4 Å². The van der Waals surface area contributed by atoms with Crippen molar-refractivity contribution >= 4 is 17.0 Å². The molecule has 0 spiro atoms. The minimum atomic E-state index is -1.61. The Kier molecular flexibility index (Phi) is 4.52. The van der Waals surface area contributed by atoms with Gasteiger partial charge >= 0.3 is 0 Å². The molecule has 1 fully saturated rings. The number of nitrogens with one attached hydrogen (secondary N) is 2. The fourth-order valence-electron chi connectivity index (χ4n) is 3.28. The van der Waals surface area contributed by atoms with Gasteiger partial charge in [0.15, 0.2) is 23.2 Å². The first-order valence-electron chi connectivity index (χ1n) is 8.58. The lowest BCUT2D eigenvalue weighted by atomic mass is 9.96. The number of nitrogens with zero attached hydrogens (tertiary/aromatic N) is 5. The zero-order chi connectivity index (χ0) is 19.0. The lowest BCUT2D eigenvalue weighted by Gasteiger charge is -2.27. The minimum absolute atomic E-state index is 0.407. The van der Waals surface area contributed by atoms with Gasteiger partial charge in [0.1, 0.15) is 24.1 Å². The number of imidazole rings is 2. The van der Waals surface area contributed by atoms with Crippen molar-refractivity contribution in [3.05, 3.63) is 30.9 Å². The molecule has 0 radical (unpaired) electrons. The second kappa shape index (κ2) is 6.85. The van der Waals surface area contributed by atoms with Crippen molar-refractivity contribution in [2.24, 2.45) is 0 Å². The van der Waals surface area contributed by atoms with E-state index in [2.05, 4.69) is 30.2 Å². The van der Waals surface area contributed by atoms with E-state index in [1.807, 2.05) is 6.20 Å². The highest BCUT2D eigenvalue weighted by atomic mass is 16.6. The van der Waals surface area contributed by atoms with Gasteiger partial charge in [-0.15, -0.1) is 0 Å². The molecule has 0 saturated carbocycles. The summed E-state index contributed by atoms with van der Waals surface area (Å²) in [5.41, 5.74) is 0.279. The zero-order valence-electron chi connectivity index (χ0n) is 14.6. The molecule has 1 aliphatic heterocycles. The predicted molar refractivity (Wildman–Crippen MR) is 93.7 cm³/mol. The lowest BCUT2D eigenvalue weighted by Crippen LogP contribution is -2.44. The Morgan fingerprint density at radius 3 is 2.89 bits per heavy atom. The summed E-state index contributed by atoms with van der Waals surface area (Å²) in [6, 6.07) is 0. The summed E-state index contributed by atoms with van der Waals surface area (Å²) in [4.78, 5) is 19.9. The van der Waals surface area contributed by atoms with Crippen LogP contribution in [0.4, 0.5) is 5.82 Å². The molecule has 0 unspecified atom stereocenters. The van der Waals surface area contributed by atoms with Crippen LogP contribution in [-0.2, 0) is 11.2 Å². The quantitative estimate of drug-likeness (QED) is 0.373. The normalized spacial score (nSPS) is 28.1. The molecule has 11 heteroatoms. The largest absolute Gasteiger partial charge is 0.394 e. The van der Waals surface area contributed by atoms with E-state index >= 15 is 0 Å². The summed E-state index contributed by atoms with van der Waals surface area (Å²) in [7, 11) is 0. The number of hydrogen-bond acceptors (Lipinski definition) is 9.